The van der Waals surface area contributed by atoms with Gasteiger partial charge in [0, 0.05) is 5.75 Å². The lowest BCUT2D eigenvalue weighted by molar-refractivity contribution is -0.122. The number of aromatic nitrogens is 2. The van der Waals surface area contributed by atoms with Crippen molar-refractivity contribution in [2.24, 2.45) is 0 Å². The topological polar surface area (TPSA) is 101 Å². The zero-order valence-corrected chi connectivity index (χ0v) is 25.1. The van der Waals surface area contributed by atoms with Crippen LogP contribution in [0, 0.1) is 6.92 Å². The molecule has 3 aromatic carbocycles. The summed E-state index contributed by atoms with van der Waals surface area (Å²) in [5.74, 6) is 0.561. The minimum atomic E-state index is -3.98. The molecule has 0 saturated carbocycles. The van der Waals surface area contributed by atoms with Crippen LogP contribution in [0.25, 0.3) is 0 Å². The van der Waals surface area contributed by atoms with E-state index in [1.807, 2.05) is 49.4 Å². The van der Waals surface area contributed by atoms with E-state index in [4.69, 9.17) is 4.74 Å². The Labute approximate surface area is 242 Å². The van der Waals surface area contributed by atoms with Crippen molar-refractivity contribution >= 4 is 49.8 Å². The fourth-order valence-corrected chi connectivity index (χ4v) is 7.32. The summed E-state index contributed by atoms with van der Waals surface area (Å²) in [7, 11) is -3.98. The highest BCUT2D eigenvalue weighted by Gasteiger charge is 2.38. The maximum absolute atomic E-state index is 13.9. The molecule has 1 atom stereocenters. The molecule has 1 N–H and O–H groups in total. The van der Waals surface area contributed by atoms with E-state index in [1.54, 1.807) is 30.3 Å². The second-order valence-corrected chi connectivity index (χ2v) is 14.6. The Morgan fingerprint density at radius 2 is 1.80 bits per heavy atom. The van der Waals surface area contributed by atoms with Gasteiger partial charge in [0.05, 0.1) is 17.1 Å². The number of benzene rings is 3. The van der Waals surface area contributed by atoms with Crippen molar-refractivity contribution in [2.45, 2.75) is 54.2 Å². The van der Waals surface area contributed by atoms with Gasteiger partial charge in [-0.25, -0.2) is 8.42 Å². The predicted molar refractivity (Wildman–Crippen MR) is 160 cm³/mol. The van der Waals surface area contributed by atoms with Crippen LogP contribution in [-0.2, 0) is 26.0 Å². The van der Waals surface area contributed by atoms with Gasteiger partial charge in [-0.15, -0.1) is 10.2 Å². The van der Waals surface area contributed by atoms with Crippen molar-refractivity contribution in [3.8, 4) is 5.75 Å². The summed E-state index contributed by atoms with van der Waals surface area (Å²) in [5, 5.41) is 11.4. The van der Waals surface area contributed by atoms with Crippen LogP contribution in [-0.4, -0.2) is 37.2 Å². The van der Waals surface area contributed by atoms with Gasteiger partial charge < -0.3 is 4.74 Å². The number of fused-ring (bicyclic) bond motifs is 1. The average molecular weight is 595 g/mol. The fourth-order valence-electron chi connectivity index (χ4n) is 4.14. The van der Waals surface area contributed by atoms with E-state index < -0.39 is 22.0 Å². The fraction of sp³-hybridized carbons (Fsp3) is 0.276. The summed E-state index contributed by atoms with van der Waals surface area (Å²) >= 11 is 2.79. The van der Waals surface area contributed by atoms with Crippen molar-refractivity contribution in [3.05, 3.63) is 89.5 Å². The van der Waals surface area contributed by atoms with E-state index in [0.29, 0.717) is 20.9 Å². The van der Waals surface area contributed by atoms with Gasteiger partial charge in [0.2, 0.25) is 5.13 Å². The first-order valence-electron chi connectivity index (χ1n) is 12.7. The monoisotopic (exact) mass is 594 g/mol. The normalized spacial score (nSPS) is 15.3. The minimum Gasteiger partial charge on any atom is -0.476 e. The van der Waals surface area contributed by atoms with E-state index in [1.165, 1.54) is 27.4 Å². The molecule has 40 heavy (non-hydrogen) atoms. The number of sulfonamides is 1. The Morgan fingerprint density at radius 1 is 1.07 bits per heavy atom. The van der Waals surface area contributed by atoms with Crippen LogP contribution < -0.4 is 14.4 Å². The number of nitrogens with zero attached hydrogens (tertiary/aromatic N) is 3. The molecule has 0 saturated heterocycles. The molecule has 0 unspecified atom stereocenters. The number of aryl methyl sites for hydroxylation is 1. The molecule has 1 aliphatic rings. The average Bonchev–Trinajstić information content (AvgIpc) is 3.38. The van der Waals surface area contributed by atoms with Crippen LogP contribution in [0.3, 0.4) is 0 Å². The summed E-state index contributed by atoms with van der Waals surface area (Å²) in [5.41, 5.74) is 3.26. The molecule has 1 amide bonds. The molecule has 0 spiro atoms. The Bertz CT molecular complexity index is 1620. The molecule has 1 aliphatic heterocycles. The number of hydrogen-bond donors (Lipinski definition) is 1. The molecular formula is C29H30N4O4S3. The molecule has 1 aromatic heterocycles. The molecule has 11 heteroatoms. The summed E-state index contributed by atoms with van der Waals surface area (Å²) < 4.78 is 35.8. The molecule has 4 aromatic rings. The van der Waals surface area contributed by atoms with Crippen LogP contribution >= 0.6 is 23.1 Å². The van der Waals surface area contributed by atoms with Crippen molar-refractivity contribution in [1.29, 1.82) is 0 Å². The molecular weight excluding hydrogens is 565 g/mol. The second kappa shape index (κ2) is 11.2. The van der Waals surface area contributed by atoms with Gasteiger partial charge in [0.25, 0.3) is 15.9 Å². The van der Waals surface area contributed by atoms with Crippen LogP contribution in [0.15, 0.2) is 82.0 Å². The lowest BCUT2D eigenvalue weighted by atomic mass is 9.86. The van der Waals surface area contributed by atoms with E-state index in [0.717, 1.165) is 22.4 Å². The van der Waals surface area contributed by atoms with Crippen LogP contribution in [0.1, 0.15) is 37.5 Å². The summed E-state index contributed by atoms with van der Waals surface area (Å²) in [4.78, 5) is 13.5. The van der Waals surface area contributed by atoms with Crippen molar-refractivity contribution in [1.82, 2.24) is 10.2 Å². The Hall–Kier alpha value is -3.41. The third-order valence-corrected chi connectivity index (χ3v) is 10.3. The van der Waals surface area contributed by atoms with Crippen molar-refractivity contribution < 1.29 is 17.9 Å². The number of rotatable bonds is 7. The van der Waals surface area contributed by atoms with E-state index in [9.17, 15) is 13.2 Å². The number of hydrogen-bond acceptors (Lipinski definition) is 8. The lowest BCUT2D eigenvalue weighted by Crippen LogP contribution is -2.49. The standard InChI is InChI=1S/C29H30N4O4S3/c1-19-10-13-22(14-11-19)40(35,36)33-17-25(37-24-15-12-21(16-23(24)33)29(2,3)4)26(34)30-27-31-32-28(39-27)38-18-20-8-6-5-7-9-20/h5-16,25H,17-18H2,1-4H3,(H,30,31,34)/t25-/m0/s1. The van der Waals surface area contributed by atoms with Crippen molar-refractivity contribution in [3.63, 3.8) is 0 Å². The quantitative estimate of drug-likeness (QED) is 0.206. The second-order valence-electron chi connectivity index (χ2n) is 10.5. The Morgan fingerprint density at radius 3 is 2.50 bits per heavy atom. The summed E-state index contributed by atoms with van der Waals surface area (Å²) in [6.07, 6.45) is -1.09. The first-order chi connectivity index (χ1) is 19.0. The number of carbonyl (C=O) groups excluding carboxylic acids is 1. The lowest BCUT2D eigenvalue weighted by Gasteiger charge is -2.35. The Kier molecular flexibility index (Phi) is 7.89. The third kappa shape index (κ3) is 6.16. The van der Waals surface area contributed by atoms with Gasteiger partial charge in [-0.3, -0.25) is 14.4 Å². The molecule has 0 fully saturated rings. The molecule has 2 heterocycles. The van der Waals surface area contributed by atoms with Crippen LogP contribution in [0.4, 0.5) is 10.8 Å². The van der Waals surface area contributed by atoms with Gasteiger partial charge in [-0.05, 0) is 47.7 Å². The number of anilines is 2. The van der Waals surface area contributed by atoms with Crippen LogP contribution in [0.5, 0.6) is 5.75 Å². The van der Waals surface area contributed by atoms with Crippen LogP contribution in [0.2, 0.25) is 0 Å². The van der Waals surface area contributed by atoms with Gasteiger partial charge in [-0.2, -0.15) is 0 Å². The minimum absolute atomic E-state index is 0.149. The molecule has 0 bridgehead atoms. The third-order valence-electron chi connectivity index (χ3n) is 6.44. The van der Waals surface area contributed by atoms with Gasteiger partial charge in [-0.1, -0.05) is 98.0 Å². The molecule has 0 radical (unpaired) electrons. The zero-order valence-electron chi connectivity index (χ0n) is 22.6. The number of thioether (sulfide) groups is 1. The number of amides is 1. The largest absolute Gasteiger partial charge is 0.476 e. The highest BCUT2D eigenvalue weighted by molar-refractivity contribution is 8.00. The zero-order chi connectivity index (χ0) is 28.5. The summed E-state index contributed by atoms with van der Waals surface area (Å²) in [6.45, 7) is 7.89. The molecule has 208 valence electrons. The molecule has 0 aliphatic carbocycles. The molecule has 8 nitrogen and oxygen atoms in total. The highest BCUT2D eigenvalue weighted by Crippen LogP contribution is 2.40. The van der Waals surface area contributed by atoms with Gasteiger partial charge in [0.1, 0.15) is 5.75 Å². The molecule has 5 rings (SSSR count). The highest BCUT2D eigenvalue weighted by atomic mass is 32.2. The van der Waals surface area contributed by atoms with E-state index in [2.05, 4.69) is 36.3 Å². The smallest absolute Gasteiger partial charge is 0.269 e. The predicted octanol–water partition coefficient (Wildman–Crippen LogP) is 6.03. The number of nitrogens with one attached hydrogen (secondary N) is 1. The number of ether oxygens (including phenoxy) is 1. The Balaban J connectivity index is 1.39. The first-order valence-corrected chi connectivity index (χ1v) is 16.0. The maximum Gasteiger partial charge on any atom is 0.269 e. The van der Waals surface area contributed by atoms with Gasteiger partial charge >= 0.3 is 0 Å². The van der Waals surface area contributed by atoms with Gasteiger partial charge in [0.15, 0.2) is 10.4 Å². The summed E-state index contributed by atoms with van der Waals surface area (Å²) in [6, 6.07) is 22.1. The first kappa shape index (κ1) is 28.1. The maximum atomic E-state index is 13.9. The SMILES string of the molecule is Cc1ccc(S(=O)(=O)N2C[C@@H](C(=O)Nc3nnc(SCc4ccccc4)s3)Oc3ccc(C(C)(C)C)cc32)cc1. The number of carbonyl (C=O) groups is 1. The van der Waals surface area contributed by atoms with E-state index in [-0.39, 0.29) is 16.9 Å². The van der Waals surface area contributed by atoms with E-state index >= 15 is 0 Å². The van der Waals surface area contributed by atoms with Crippen molar-refractivity contribution in [2.75, 3.05) is 16.2 Å².